The third-order valence-electron chi connectivity index (χ3n) is 7.94. The Morgan fingerprint density at radius 3 is 2.50 bits per heavy atom. The molecule has 5 rings (SSSR count). The average Bonchev–Trinajstić information content (AvgIpc) is 3.54. The van der Waals surface area contributed by atoms with Gasteiger partial charge in [0.25, 0.3) is 0 Å². The number of nitrogens with zero attached hydrogens (tertiary/aromatic N) is 5. The molecule has 0 radical (unpaired) electrons. The summed E-state index contributed by atoms with van der Waals surface area (Å²) in [4.78, 5) is 35.7. The molecule has 2 aromatic rings. The number of likely N-dealkylation sites (tertiary alicyclic amines) is 3. The molecule has 1 spiro atoms. The fraction of sp³-hybridized carbons (Fsp3) is 0.600. The lowest BCUT2D eigenvalue weighted by molar-refractivity contribution is -0.132. The van der Waals surface area contributed by atoms with Crippen LogP contribution in [0.25, 0.3) is 11.4 Å². The molecule has 8 nitrogen and oxygen atoms in total. The maximum absolute atomic E-state index is 13.3. The summed E-state index contributed by atoms with van der Waals surface area (Å²) in [6.45, 7) is 6.20. The van der Waals surface area contributed by atoms with Gasteiger partial charge < -0.3 is 19.2 Å². The van der Waals surface area contributed by atoms with Crippen LogP contribution in [0, 0.1) is 17.2 Å². The SMILES string of the molecule is CC(=O)N1CCC(CC(=O)N2C[C@@H](c3nc(-c4ccc(F)cc4)no3)[C@]3(CCN(C)C3)C2)CC1. The normalized spacial score (nSPS) is 26.0. The molecule has 2 atom stereocenters. The minimum absolute atomic E-state index is 0.0253. The Hall–Kier alpha value is -2.81. The van der Waals surface area contributed by atoms with E-state index in [0.717, 1.165) is 45.4 Å². The number of carbonyl (C=O) groups is 2. The van der Waals surface area contributed by atoms with Crippen LogP contribution in [0.15, 0.2) is 28.8 Å². The smallest absolute Gasteiger partial charge is 0.232 e. The van der Waals surface area contributed by atoms with Gasteiger partial charge in [-0.25, -0.2) is 4.39 Å². The van der Waals surface area contributed by atoms with Gasteiger partial charge in [-0.15, -0.1) is 0 Å². The zero-order chi connectivity index (χ0) is 23.9. The molecule has 9 heteroatoms. The fourth-order valence-corrected chi connectivity index (χ4v) is 5.94. The third-order valence-corrected chi connectivity index (χ3v) is 7.94. The van der Waals surface area contributed by atoms with Gasteiger partial charge in [0.05, 0.1) is 5.92 Å². The van der Waals surface area contributed by atoms with Crippen LogP contribution in [-0.4, -0.2) is 83.0 Å². The number of hydrogen-bond donors (Lipinski definition) is 0. The largest absolute Gasteiger partial charge is 0.343 e. The molecule has 0 unspecified atom stereocenters. The summed E-state index contributed by atoms with van der Waals surface area (Å²) in [5, 5.41) is 4.16. The maximum Gasteiger partial charge on any atom is 0.232 e. The molecule has 1 aromatic heterocycles. The fourth-order valence-electron chi connectivity index (χ4n) is 5.94. The second-order valence-electron chi connectivity index (χ2n) is 10.3. The van der Waals surface area contributed by atoms with Crippen LogP contribution in [0.3, 0.4) is 0 Å². The van der Waals surface area contributed by atoms with Gasteiger partial charge in [0.15, 0.2) is 0 Å². The minimum Gasteiger partial charge on any atom is -0.343 e. The van der Waals surface area contributed by atoms with Crippen molar-refractivity contribution < 1.29 is 18.5 Å². The second-order valence-corrected chi connectivity index (χ2v) is 10.3. The summed E-state index contributed by atoms with van der Waals surface area (Å²) in [7, 11) is 2.11. The second kappa shape index (κ2) is 9.09. The van der Waals surface area contributed by atoms with E-state index in [1.807, 2.05) is 9.80 Å². The zero-order valence-corrected chi connectivity index (χ0v) is 19.9. The number of aromatic nitrogens is 2. The van der Waals surface area contributed by atoms with Crippen molar-refractivity contribution in [2.75, 3.05) is 46.3 Å². The van der Waals surface area contributed by atoms with Crippen molar-refractivity contribution in [3.8, 4) is 11.4 Å². The molecule has 4 heterocycles. The number of halogens is 1. The van der Waals surface area contributed by atoms with Crippen molar-refractivity contribution in [3.05, 3.63) is 36.0 Å². The van der Waals surface area contributed by atoms with Crippen LogP contribution < -0.4 is 0 Å². The highest BCUT2D eigenvalue weighted by atomic mass is 19.1. The van der Waals surface area contributed by atoms with Crippen LogP contribution in [0.5, 0.6) is 0 Å². The van der Waals surface area contributed by atoms with E-state index in [9.17, 15) is 14.0 Å². The van der Waals surface area contributed by atoms with E-state index in [1.165, 1.54) is 12.1 Å². The first-order valence-corrected chi connectivity index (χ1v) is 12.1. The lowest BCUT2D eigenvalue weighted by Gasteiger charge is -2.32. The summed E-state index contributed by atoms with van der Waals surface area (Å²) in [5.74, 6) is 1.27. The molecule has 0 bridgehead atoms. The highest BCUT2D eigenvalue weighted by Crippen LogP contribution is 2.48. The topological polar surface area (TPSA) is 82.8 Å². The molecule has 34 heavy (non-hydrogen) atoms. The lowest BCUT2D eigenvalue weighted by Crippen LogP contribution is -2.39. The minimum atomic E-state index is -0.308. The molecule has 3 fully saturated rings. The van der Waals surface area contributed by atoms with Crippen LogP contribution in [0.1, 0.15) is 44.4 Å². The van der Waals surface area contributed by atoms with Crippen LogP contribution in [0.2, 0.25) is 0 Å². The van der Waals surface area contributed by atoms with Crippen LogP contribution in [0.4, 0.5) is 4.39 Å². The number of benzene rings is 1. The Morgan fingerprint density at radius 2 is 1.85 bits per heavy atom. The highest BCUT2D eigenvalue weighted by Gasteiger charge is 2.53. The van der Waals surface area contributed by atoms with Gasteiger partial charge in [-0.05, 0) is 63.0 Å². The molecule has 182 valence electrons. The van der Waals surface area contributed by atoms with E-state index < -0.39 is 0 Å². The first kappa shape index (κ1) is 23.0. The molecule has 2 amide bonds. The van der Waals surface area contributed by atoms with Crippen molar-refractivity contribution in [2.24, 2.45) is 11.3 Å². The van der Waals surface area contributed by atoms with Gasteiger partial charge >= 0.3 is 0 Å². The predicted molar refractivity (Wildman–Crippen MR) is 123 cm³/mol. The molecule has 0 N–H and O–H groups in total. The number of piperidine rings is 1. The first-order valence-electron chi connectivity index (χ1n) is 12.1. The van der Waals surface area contributed by atoms with E-state index in [2.05, 4.69) is 22.1 Å². The molecule has 3 saturated heterocycles. The van der Waals surface area contributed by atoms with Crippen molar-refractivity contribution in [2.45, 2.75) is 38.5 Å². The van der Waals surface area contributed by atoms with Crippen molar-refractivity contribution in [1.29, 1.82) is 0 Å². The summed E-state index contributed by atoms with van der Waals surface area (Å²) in [6.07, 6.45) is 3.25. The zero-order valence-electron chi connectivity index (χ0n) is 19.9. The monoisotopic (exact) mass is 469 g/mol. The number of rotatable bonds is 4. The van der Waals surface area contributed by atoms with E-state index in [0.29, 0.717) is 42.7 Å². The van der Waals surface area contributed by atoms with Crippen molar-refractivity contribution in [1.82, 2.24) is 24.8 Å². The molecule has 3 aliphatic rings. The standard InChI is InChI=1S/C25H32FN5O3/c1-17(32)30-10-7-18(8-11-30)13-22(33)31-14-21(25(16-31)9-12-29(2)15-25)24-27-23(28-34-24)19-3-5-20(26)6-4-19/h3-6,18,21H,7-16H2,1-2H3/t21-,25-/m0/s1. The lowest BCUT2D eigenvalue weighted by atomic mass is 9.77. The molecular formula is C25H32FN5O3. The Bertz CT molecular complexity index is 1050. The van der Waals surface area contributed by atoms with Gasteiger partial charge in [-0.1, -0.05) is 5.16 Å². The number of carbonyl (C=O) groups excluding carboxylic acids is 2. The number of hydrogen-bond acceptors (Lipinski definition) is 6. The van der Waals surface area contributed by atoms with E-state index in [1.54, 1.807) is 19.1 Å². The van der Waals surface area contributed by atoms with Gasteiger partial charge in [0.1, 0.15) is 5.82 Å². The van der Waals surface area contributed by atoms with Crippen molar-refractivity contribution in [3.63, 3.8) is 0 Å². The third kappa shape index (κ3) is 4.45. The maximum atomic E-state index is 13.3. The van der Waals surface area contributed by atoms with Gasteiger partial charge in [-0.3, -0.25) is 9.59 Å². The first-order chi connectivity index (χ1) is 16.3. The summed E-state index contributed by atoms with van der Waals surface area (Å²) >= 11 is 0. The molecular weight excluding hydrogens is 437 g/mol. The van der Waals surface area contributed by atoms with Gasteiger partial charge in [0, 0.05) is 57.0 Å². The van der Waals surface area contributed by atoms with E-state index in [4.69, 9.17) is 4.52 Å². The number of amides is 2. The quantitative estimate of drug-likeness (QED) is 0.685. The summed E-state index contributed by atoms with van der Waals surface area (Å²) in [6, 6.07) is 6.06. The van der Waals surface area contributed by atoms with E-state index >= 15 is 0 Å². The molecule has 1 aromatic carbocycles. The Kier molecular flexibility index (Phi) is 6.14. The highest BCUT2D eigenvalue weighted by molar-refractivity contribution is 5.77. The van der Waals surface area contributed by atoms with Crippen LogP contribution >= 0.6 is 0 Å². The van der Waals surface area contributed by atoms with Crippen molar-refractivity contribution >= 4 is 11.8 Å². The predicted octanol–water partition coefficient (Wildman–Crippen LogP) is 2.77. The Balaban J connectivity index is 1.30. The Labute approximate surface area is 199 Å². The van der Waals surface area contributed by atoms with E-state index in [-0.39, 0.29) is 29.0 Å². The Morgan fingerprint density at radius 1 is 1.12 bits per heavy atom. The van der Waals surface area contributed by atoms with Gasteiger partial charge in [0.2, 0.25) is 23.5 Å². The van der Waals surface area contributed by atoms with Gasteiger partial charge in [-0.2, -0.15) is 4.98 Å². The average molecular weight is 470 g/mol. The summed E-state index contributed by atoms with van der Waals surface area (Å²) < 4.78 is 19.0. The van der Waals surface area contributed by atoms with Crippen LogP contribution in [-0.2, 0) is 9.59 Å². The molecule has 3 aliphatic heterocycles. The molecule has 0 aliphatic carbocycles. The molecule has 0 saturated carbocycles. The summed E-state index contributed by atoms with van der Waals surface area (Å²) in [5.41, 5.74) is 0.603.